The highest BCUT2D eigenvalue weighted by Crippen LogP contribution is 2.31. The monoisotopic (exact) mass is 268 g/mol. The number of aryl methyl sites for hydroxylation is 1. The van der Waals surface area contributed by atoms with Gasteiger partial charge in [0.15, 0.2) is 0 Å². The first-order chi connectivity index (χ1) is 8.51. The second kappa shape index (κ2) is 7.27. The summed E-state index contributed by atoms with van der Waals surface area (Å²) < 4.78 is 0. The van der Waals surface area contributed by atoms with Crippen LogP contribution in [0.3, 0.4) is 0 Å². The molecule has 0 saturated heterocycles. The quantitative estimate of drug-likeness (QED) is 0.814. The van der Waals surface area contributed by atoms with Crippen LogP contribution in [0.5, 0.6) is 0 Å². The van der Waals surface area contributed by atoms with Gasteiger partial charge in [-0.2, -0.15) is 0 Å². The summed E-state index contributed by atoms with van der Waals surface area (Å²) in [5.74, 6) is 0.724. The lowest BCUT2D eigenvalue weighted by Crippen LogP contribution is -2.40. The first-order valence-corrected chi connectivity index (χ1v) is 7.88. The standard InChI is InChI=1S/C15H28N2S/c1-6-11(3)10-17(5)14(13(16)7-2)15-12(4)8-9-18-15/h8-9,11,13-14H,6-7,10,16H2,1-5H3. The van der Waals surface area contributed by atoms with Gasteiger partial charge in [-0.1, -0.05) is 27.2 Å². The van der Waals surface area contributed by atoms with E-state index in [2.05, 4.69) is 51.1 Å². The number of rotatable bonds is 7. The summed E-state index contributed by atoms with van der Waals surface area (Å²) in [6.45, 7) is 10.1. The van der Waals surface area contributed by atoms with Crippen molar-refractivity contribution in [1.29, 1.82) is 0 Å². The van der Waals surface area contributed by atoms with Gasteiger partial charge in [0, 0.05) is 17.5 Å². The Morgan fingerprint density at radius 1 is 1.33 bits per heavy atom. The molecule has 1 rings (SSSR count). The number of hydrogen-bond acceptors (Lipinski definition) is 3. The largest absolute Gasteiger partial charge is 0.326 e. The number of likely N-dealkylation sites (N-methyl/N-ethyl adjacent to an activating group) is 1. The fourth-order valence-corrected chi connectivity index (χ4v) is 3.53. The van der Waals surface area contributed by atoms with Crippen molar-refractivity contribution in [3.05, 3.63) is 21.9 Å². The third-order valence-electron chi connectivity index (χ3n) is 3.82. The van der Waals surface area contributed by atoms with E-state index in [1.165, 1.54) is 16.9 Å². The summed E-state index contributed by atoms with van der Waals surface area (Å²) in [4.78, 5) is 3.89. The van der Waals surface area contributed by atoms with Crippen LogP contribution in [0.4, 0.5) is 0 Å². The van der Waals surface area contributed by atoms with Gasteiger partial charge < -0.3 is 5.73 Å². The van der Waals surface area contributed by atoms with Crippen LogP contribution in [0.25, 0.3) is 0 Å². The highest BCUT2D eigenvalue weighted by molar-refractivity contribution is 7.10. The van der Waals surface area contributed by atoms with Crippen LogP contribution >= 0.6 is 11.3 Å². The third kappa shape index (κ3) is 3.81. The Labute approximate surface area is 116 Å². The predicted octanol–water partition coefficient (Wildman–Crippen LogP) is 3.81. The van der Waals surface area contributed by atoms with Gasteiger partial charge in [-0.15, -0.1) is 11.3 Å². The molecule has 3 heteroatoms. The van der Waals surface area contributed by atoms with Crippen molar-refractivity contribution in [1.82, 2.24) is 4.90 Å². The lowest BCUT2D eigenvalue weighted by atomic mass is 9.99. The second-order valence-corrected chi connectivity index (χ2v) is 6.39. The van der Waals surface area contributed by atoms with Gasteiger partial charge >= 0.3 is 0 Å². The molecule has 2 nitrogen and oxygen atoms in total. The molecule has 0 aromatic carbocycles. The topological polar surface area (TPSA) is 29.3 Å². The van der Waals surface area contributed by atoms with Crippen LogP contribution in [0.2, 0.25) is 0 Å². The van der Waals surface area contributed by atoms with Crippen molar-refractivity contribution < 1.29 is 0 Å². The SMILES string of the molecule is CCC(C)CN(C)C(c1sccc1C)C(N)CC. The smallest absolute Gasteiger partial charge is 0.0593 e. The van der Waals surface area contributed by atoms with Gasteiger partial charge in [0.25, 0.3) is 0 Å². The zero-order valence-electron chi connectivity index (χ0n) is 12.4. The molecule has 0 saturated carbocycles. The van der Waals surface area contributed by atoms with Crippen LogP contribution in [0, 0.1) is 12.8 Å². The van der Waals surface area contributed by atoms with E-state index in [0.29, 0.717) is 6.04 Å². The van der Waals surface area contributed by atoms with Gasteiger partial charge in [0.1, 0.15) is 0 Å². The molecule has 0 aliphatic rings. The van der Waals surface area contributed by atoms with Gasteiger partial charge in [-0.3, -0.25) is 4.90 Å². The number of thiophene rings is 1. The average Bonchev–Trinajstić information content (AvgIpc) is 2.75. The molecule has 3 atom stereocenters. The number of hydrogen-bond donors (Lipinski definition) is 1. The molecule has 1 aromatic heterocycles. The lowest BCUT2D eigenvalue weighted by Gasteiger charge is -2.33. The zero-order valence-corrected chi connectivity index (χ0v) is 13.3. The molecule has 1 aromatic rings. The maximum absolute atomic E-state index is 6.36. The van der Waals surface area contributed by atoms with E-state index in [1.54, 1.807) is 0 Å². The molecule has 0 aliphatic heterocycles. The fourth-order valence-electron chi connectivity index (χ4n) is 2.37. The first kappa shape index (κ1) is 15.7. The molecule has 0 bridgehead atoms. The first-order valence-electron chi connectivity index (χ1n) is 7.01. The third-order valence-corrected chi connectivity index (χ3v) is 4.91. The van der Waals surface area contributed by atoms with Crippen LogP contribution < -0.4 is 5.73 Å². The van der Waals surface area contributed by atoms with Crippen molar-refractivity contribution in [2.24, 2.45) is 11.7 Å². The molecular formula is C15H28N2S. The van der Waals surface area contributed by atoms with E-state index in [4.69, 9.17) is 5.73 Å². The Morgan fingerprint density at radius 3 is 2.44 bits per heavy atom. The Hall–Kier alpha value is -0.380. The number of nitrogens with zero attached hydrogens (tertiary/aromatic N) is 1. The Bertz CT molecular complexity index is 348. The van der Waals surface area contributed by atoms with Crippen molar-refractivity contribution >= 4 is 11.3 Å². The van der Waals surface area contributed by atoms with Crippen molar-refractivity contribution in [3.8, 4) is 0 Å². The molecule has 0 aliphatic carbocycles. The van der Waals surface area contributed by atoms with Crippen molar-refractivity contribution in [3.63, 3.8) is 0 Å². The maximum atomic E-state index is 6.36. The molecule has 18 heavy (non-hydrogen) atoms. The van der Waals surface area contributed by atoms with Gasteiger partial charge in [0.2, 0.25) is 0 Å². The van der Waals surface area contributed by atoms with E-state index >= 15 is 0 Å². The summed E-state index contributed by atoms with van der Waals surface area (Å²) >= 11 is 1.84. The maximum Gasteiger partial charge on any atom is 0.0593 e. The molecule has 0 amide bonds. The summed E-state index contributed by atoms with van der Waals surface area (Å²) in [6, 6.07) is 2.78. The Balaban J connectivity index is 2.89. The van der Waals surface area contributed by atoms with Gasteiger partial charge in [-0.25, -0.2) is 0 Å². The fraction of sp³-hybridized carbons (Fsp3) is 0.733. The van der Waals surface area contributed by atoms with E-state index < -0.39 is 0 Å². The number of nitrogens with two attached hydrogens (primary N) is 1. The van der Waals surface area contributed by atoms with Crippen molar-refractivity contribution in [2.45, 2.75) is 52.6 Å². The molecular weight excluding hydrogens is 240 g/mol. The van der Waals surface area contributed by atoms with Crippen LogP contribution in [-0.2, 0) is 0 Å². The summed E-state index contributed by atoms with van der Waals surface area (Å²) in [7, 11) is 2.21. The van der Waals surface area contributed by atoms with Gasteiger partial charge in [-0.05, 0) is 43.3 Å². The highest BCUT2D eigenvalue weighted by Gasteiger charge is 2.26. The molecule has 0 spiro atoms. The van der Waals surface area contributed by atoms with Crippen LogP contribution in [0.1, 0.15) is 50.1 Å². The van der Waals surface area contributed by atoms with Crippen LogP contribution in [-0.4, -0.2) is 24.5 Å². The minimum absolute atomic E-state index is 0.219. The Morgan fingerprint density at radius 2 is 2.00 bits per heavy atom. The molecule has 3 unspecified atom stereocenters. The predicted molar refractivity (Wildman–Crippen MR) is 82.1 cm³/mol. The zero-order chi connectivity index (χ0) is 13.7. The normalized spacial score (nSPS) is 16.8. The summed E-state index contributed by atoms with van der Waals surface area (Å²) in [5, 5.41) is 2.18. The van der Waals surface area contributed by atoms with Crippen LogP contribution in [0.15, 0.2) is 11.4 Å². The molecule has 0 fully saturated rings. The summed E-state index contributed by atoms with van der Waals surface area (Å²) in [6.07, 6.45) is 2.24. The second-order valence-electron chi connectivity index (χ2n) is 5.44. The molecule has 0 radical (unpaired) electrons. The molecule has 2 N–H and O–H groups in total. The minimum Gasteiger partial charge on any atom is -0.326 e. The van der Waals surface area contributed by atoms with E-state index in [-0.39, 0.29) is 6.04 Å². The van der Waals surface area contributed by atoms with Crippen molar-refractivity contribution in [2.75, 3.05) is 13.6 Å². The average molecular weight is 268 g/mol. The minimum atomic E-state index is 0.219. The van der Waals surface area contributed by atoms with Gasteiger partial charge in [0.05, 0.1) is 6.04 Å². The highest BCUT2D eigenvalue weighted by atomic mass is 32.1. The Kier molecular flexibility index (Phi) is 6.33. The van der Waals surface area contributed by atoms with E-state index in [9.17, 15) is 0 Å². The van der Waals surface area contributed by atoms with E-state index in [1.807, 2.05) is 11.3 Å². The lowest BCUT2D eigenvalue weighted by molar-refractivity contribution is 0.185. The summed E-state index contributed by atoms with van der Waals surface area (Å²) in [5.41, 5.74) is 7.74. The molecule has 104 valence electrons. The molecule has 1 heterocycles. The van der Waals surface area contributed by atoms with E-state index in [0.717, 1.165) is 18.9 Å².